The van der Waals surface area contributed by atoms with Crippen LogP contribution in [0, 0.1) is 0 Å². The Morgan fingerprint density at radius 3 is 2.07 bits per heavy atom. The fourth-order valence-corrected chi connectivity index (χ4v) is 3.33. The van der Waals surface area contributed by atoms with E-state index in [-0.39, 0.29) is 5.69 Å². The number of imide groups is 2. The molecule has 1 fully saturated rings. The summed E-state index contributed by atoms with van der Waals surface area (Å²) in [5.41, 5.74) is 2.83. The summed E-state index contributed by atoms with van der Waals surface area (Å²) >= 11 is 0. The Morgan fingerprint density at radius 2 is 1.53 bits per heavy atom. The van der Waals surface area contributed by atoms with Gasteiger partial charge in [-0.1, -0.05) is 32.0 Å². The molecule has 156 valence electrons. The third kappa shape index (κ3) is 3.89. The highest BCUT2D eigenvalue weighted by Gasteiger charge is 2.46. The minimum Gasteiger partial charge on any atom is -0.497 e. The van der Waals surface area contributed by atoms with E-state index >= 15 is 0 Å². The predicted molar refractivity (Wildman–Crippen MR) is 111 cm³/mol. The molecule has 1 aliphatic heterocycles. The number of hydrogen-bond donors (Lipinski definition) is 1. The molecule has 5 amide bonds. The van der Waals surface area contributed by atoms with Gasteiger partial charge in [-0.3, -0.25) is 14.4 Å². The maximum Gasteiger partial charge on any atom is 0.339 e. The maximum atomic E-state index is 12.7. The van der Waals surface area contributed by atoms with E-state index in [1.165, 1.54) is 19.2 Å². The molecule has 30 heavy (non-hydrogen) atoms. The van der Waals surface area contributed by atoms with Gasteiger partial charge in [-0.15, -0.1) is 0 Å². The highest BCUT2D eigenvalue weighted by atomic mass is 16.5. The van der Waals surface area contributed by atoms with E-state index in [9.17, 15) is 19.2 Å². The molecular weight excluding hydrogens is 386 g/mol. The first-order chi connectivity index (χ1) is 14.4. The van der Waals surface area contributed by atoms with Crippen LogP contribution in [0.3, 0.4) is 0 Å². The molecule has 0 aliphatic carbocycles. The third-order valence-electron chi connectivity index (χ3n) is 4.95. The summed E-state index contributed by atoms with van der Waals surface area (Å²) in [4.78, 5) is 51.5. The van der Waals surface area contributed by atoms with Crippen LogP contribution in [0.4, 0.5) is 16.2 Å². The molecule has 1 saturated heterocycles. The van der Waals surface area contributed by atoms with E-state index in [2.05, 4.69) is 5.32 Å². The van der Waals surface area contributed by atoms with Gasteiger partial charge in [0.25, 0.3) is 0 Å². The summed E-state index contributed by atoms with van der Waals surface area (Å²) in [6, 6.07) is 11.0. The average Bonchev–Trinajstić information content (AvgIpc) is 2.97. The number of carbonyl (C=O) groups is 4. The number of anilines is 2. The van der Waals surface area contributed by atoms with Crippen molar-refractivity contribution in [3.63, 3.8) is 0 Å². The fourth-order valence-electron chi connectivity index (χ4n) is 3.33. The molecule has 2 aromatic rings. The van der Waals surface area contributed by atoms with Crippen LogP contribution in [0.1, 0.15) is 25.0 Å². The van der Waals surface area contributed by atoms with Gasteiger partial charge in [-0.25, -0.2) is 14.6 Å². The molecule has 0 spiro atoms. The Labute approximate surface area is 174 Å². The first-order valence-corrected chi connectivity index (χ1v) is 9.65. The summed E-state index contributed by atoms with van der Waals surface area (Å²) < 4.78 is 5.06. The molecule has 8 nitrogen and oxygen atoms in total. The van der Waals surface area contributed by atoms with E-state index in [0.29, 0.717) is 16.3 Å². The zero-order valence-electron chi connectivity index (χ0n) is 17.1. The van der Waals surface area contributed by atoms with Crippen LogP contribution in [-0.4, -0.2) is 42.3 Å². The first kappa shape index (κ1) is 21.0. The molecule has 2 aromatic carbocycles. The van der Waals surface area contributed by atoms with Gasteiger partial charge in [-0.05, 0) is 48.2 Å². The van der Waals surface area contributed by atoms with Crippen LogP contribution in [0.15, 0.2) is 42.5 Å². The number of nitrogens with one attached hydrogen (secondary N) is 1. The SMILES string of the molecule is CCc1cccc(CC)c1NC(=O)CN1C(=O)C(=O)N(c2ccc(OC)cc2)C1=O. The average molecular weight is 409 g/mol. The Balaban J connectivity index is 1.78. The molecule has 8 heteroatoms. The van der Waals surface area contributed by atoms with Crippen molar-refractivity contribution in [1.29, 1.82) is 0 Å². The molecule has 1 heterocycles. The quantitative estimate of drug-likeness (QED) is 0.560. The van der Waals surface area contributed by atoms with E-state index in [1.54, 1.807) is 12.1 Å². The van der Waals surface area contributed by atoms with Crippen molar-refractivity contribution in [3.8, 4) is 5.75 Å². The van der Waals surface area contributed by atoms with Crippen molar-refractivity contribution in [1.82, 2.24) is 4.90 Å². The lowest BCUT2D eigenvalue weighted by molar-refractivity contribution is -0.140. The van der Waals surface area contributed by atoms with Crippen molar-refractivity contribution in [3.05, 3.63) is 53.6 Å². The summed E-state index contributed by atoms with van der Waals surface area (Å²) in [5, 5.41) is 2.80. The fraction of sp³-hybridized carbons (Fsp3) is 0.273. The van der Waals surface area contributed by atoms with Gasteiger partial charge >= 0.3 is 17.8 Å². The van der Waals surface area contributed by atoms with Crippen LogP contribution in [-0.2, 0) is 27.2 Å². The molecule has 0 bridgehead atoms. The number of urea groups is 1. The van der Waals surface area contributed by atoms with Crippen molar-refractivity contribution in [2.24, 2.45) is 0 Å². The molecule has 0 atom stereocenters. The molecule has 1 N–H and O–H groups in total. The summed E-state index contributed by atoms with van der Waals surface area (Å²) in [5.74, 6) is -2.04. The second-order valence-electron chi connectivity index (χ2n) is 6.72. The first-order valence-electron chi connectivity index (χ1n) is 9.65. The number of aryl methyl sites for hydroxylation is 2. The molecule has 3 rings (SSSR count). The second-order valence-corrected chi connectivity index (χ2v) is 6.72. The van der Waals surface area contributed by atoms with Gasteiger partial charge in [0, 0.05) is 5.69 Å². The normalized spacial score (nSPS) is 13.8. The predicted octanol–water partition coefficient (Wildman–Crippen LogP) is 2.75. The number of hydrogen-bond acceptors (Lipinski definition) is 5. The van der Waals surface area contributed by atoms with Gasteiger partial charge < -0.3 is 10.1 Å². The highest BCUT2D eigenvalue weighted by molar-refractivity contribution is 6.53. The van der Waals surface area contributed by atoms with Crippen LogP contribution >= 0.6 is 0 Å². The zero-order chi connectivity index (χ0) is 21.8. The van der Waals surface area contributed by atoms with Crippen molar-refractivity contribution in [2.75, 3.05) is 23.9 Å². The van der Waals surface area contributed by atoms with Crippen LogP contribution in [0.2, 0.25) is 0 Å². The van der Waals surface area contributed by atoms with Crippen molar-refractivity contribution < 1.29 is 23.9 Å². The highest BCUT2D eigenvalue weighted by Crippen LogP contribution is 2.25. The standard InChI is InChI=1S/C22H23N3O5/c1-4-14-7-6-8-15(5-2)19(14)23-18(26)13-24-20(27)21(28)25(22(24)29)16-9-11-17(30-3)12-10-16/h6-12H,4-5,13H2,1-3H3,(H,23,26). The topological polar surface area (TPSA) is 96.0 Å². The largest absolute Gasteiger partial charge is 0.497 e. The van der Waals surface area contributed by atoms with Gasteiger partial charge in [0.1, 0.15) is 12.3 Å². The Kier molecular flexibility index (Phi) is 6.15. The maximum absolute atomic E-state index is 12.7. The Bertz CT molecular complexity index is 978. The van der Waals surface area contributed by atoms with Crippen LogP contribution in [0.25, 0.3) is 0 Å². The number of carbonyl (C=O) groups excluding carboxylic acids is 4. The molecule has 1 aliphatic rings. The number of para-hydroxylation sites is 1. The minimum atomic E-state index is -1.04. The van der Waals surface area contributed by atoms with Crippen molar-refractivity contribution in [2.45, 2.75) is 26.7 Å². The third-order valence-corrected chi connectivity index (χ3v) is 4.95. The van der Waals surface area contributed by atoms with Gasteiger partial charge in [0.2, 0.25) is 5.91 Å². The summed E-state index contributed by atoms with van der Waals surface area (Å²) in [7, 11) is 1.49. The summed E-state index contributed by atoms with van der Waals surface area (Å²) in [6.45, 7) is 3.41. The van der Waals surface area contributed by atoms with E-state index in [4.69, 9.17) is 4.74 Å². The van der Waals surface area contributed by atoms with Gasteiger partial charge in [0.05, 0.1) is 12.8 Å². The molecule has 0 saturated carbocycles. The lowest BCUT2D eigenvalue weighted by Gasteiger charge is -2.17. The second kappa shape index (κ2) is 8.77. The number of benzene rings is 2. The Morgan fingerprint density at radius 1 is 0.933 bits per heavy atom. The molecular formula is C22H23N3O5. The van der Waals surface area contributed by atoms with Gasteiger partial charge in [-0.2, -0.15) is 0 Å². The lowest BCUT2D eigenvalue weighted by Crippen LogP contribution is -2.39. The van der Waals surface area contributed by atoms with Crippen LogP contribution < -0.4 is 15.0 Å². The number of nitrogens with zero attached hydrogens (tertiary/aromatic N) is 2. The van der Waals surface area contributed by atoms with E-state index in [1.807, 2.05) is 32.0 Å². The number of methoxy groups -OCH3 is 1. The van der Waals surface area contributed by atoms with Crippen molar-refractivity contribution >= 4 is 35.1 Å². The van der Waals surface area contributed by atoms with Gasteiger partial charge in [0.15, 0.2) is 0 Å². The molecule has 0 aromatic heterocycles. The number of rotatable bonds is 7. The monoisotopic (exact) mass is 409 g/mol. The van der Waals surface area contributed by atoms with E-state index < -0.39 is 30.3 Å². The smallest absolute Gasteiger partial charge is 0.339 e. The molecule has 0 radical (unpaired) electrons. The minimum absolute atomic E-state index is 0.228. The Hall–Kier alpha value is -3.68. The molecule has 0 unspecified atom stereocenters. The number of ether oxygens (including phenoxy) is 1. The lowest BCUT2D eigenvalue weighted by atomic mass is 10.0. The summed E-state index contributed by atoms with van der Waals surface area (Å²) in [6.07, 6.45) is 1.43. The zero-order valence-corrected chi connectivity index (χ0v) is 17.1. The van der Waals surface area contributed by atoms with E-state index in [0.717, 1.165) is 28.9 Å². The number of amides is 5. The van der Waals surface area contributed by atoms with Crippen LogP contribution in [0.5, 0.6) is 5.75 Å².